The fourth-order valence-corrected chi connectivity index (χ4v) is 8.61. The molecule has 226 valence electrons. The van der Waals surface area contributed by atoms with Crippen molar-refractivity contribution in [3.05, 3.63) is 164 Å². The normalized spacial score (nSPS) is 15.0. The van der Waals surface area contributed by atoms with E-state index in [4.69, 9.17) is 0 Å². The summed E-state index contributed by atoms with van der Waals surface area (Å²) in [7, 11) is 0. The average molecular weight is 633 g/mol. The number of pyridine rings is 2. The van der Waals surface area contributed by atoms with Gasteiger partial charge < -0.3 is 10.2 Å². The van der Waals surface area contributed by atoms with E-state index < -0.39 is 0 Å². The predicted molar refractivity (Wildman–Crippen MR) is 202 cm³/mol. The summed E-state index contributed by atoms with van der Waals surface area (Å²) in [5.74, 6) is 0. The first-order valence-electron chi connectivity index (χ1n) is 16.2. The number of fused-ring (bicyclic) bond motifs is 7. The molecule has 0 fully saturated rings. The van der Waals surface area contributed by atoms with Gasteiger partial charge in [0.1, 0.15) is 11.2 Å². The van der Waals surface area contributed by atoms with Gasteiger partial charge in [0.15, 0.2) is 0 Å². The number of rotatable bonds is 4. The molecule has 0 saturated heterocycles. The van der Waals surface area contributed by atoms with Crippen molar-refractivity contribution in [2.75, 3.05) is 10.2 Å². The van der Waals surface area contributed by atoms with Crippen molar-refractivity contribution >= 4 is 59.2 Å². The third-order valence-corrected chi connectivity index (χ3v) is 10.8. The highest BCUT2D eigenvalue weighted by molar-refractivity contribution is 7.23. The largest absolute Gasteiger partial charge is 0.359 e. The molecule has 5 aromatic carbocycles. The van der Waals surface area contributed by atoms with Gasteiger partial charge in [-0.15, -0.1) is 11.3 Å². The highest BCUT2D eigenvalue weighted by Crippen LogP contribution is 2.50. The van der Waals surface area contributed by atoms with Crippen molar-refractivity contribution in [1.82, 2.24) is 9.97 Å². The summed E-state index contributed by atoms with van der Waals surface area (Å²) in [5.41, 5.74) is 10.5. The highest BCUT2D eigenvalue weighted by atomic mass is 32.1. The highest BCUT2D eigenvalue weighted by Gasteiger charge is 2.32. The van der Waals surface area contributed by atoms with Crippen molar-refractivity contribution in [2.24, 2.45) is 0 Å². The fourth-order valence-electron chi connectivity index (χ4n) is 7.44. The predicted octanol–water partition coefficient (Wildman–Crippen LogP) is 11.2. The lowest BCUT2D eigenvalue weighted by Gasteiger charge is -2.26. The monoisotopic (exact) mass is 632 g/mol. The first kappa shape index (κ1) is 27.1. The summed E-state index contributed by atoms with van der Waals surface area (Å²) < 4.78 is 1.30. The quantitative estimate of drug-likeness (QED) is 0.196. The lowest BCUT2D eigenvalue weighted by Crippen LogP contribution is -2.31. The van der Waals surface area contributed by atoms with Gasteiger partial charge in [-0.2, -0.15) is 0 Å². The Hall–Kier alpha value is -6.04. The summed E-state index contributed by atoms with van der Waals surface area (Å²) in [6.07, 6.45) is 14.6. The molecule has 1 atom stereocenters. The number of aromatic nitrogens is 2. The Balaban J connectivity index is 1.22. The SMILES string of the molecule is C1=CC2Nc3c(sc4ccccc34)N2C=C1c1c2ccccc2c(-c2cc(-c3cccnc3)cc(-c3cccnc3)c2)c2ccccc12. The summed E-state index contributed by atoms with van der Waals surface area (Å²) >= 11 is 1.85. The Labute approximate surface area is 282 Å². The van der Waals surface area contributed by atoms with Crippen LogP contribution in [0.3, 0.4) is 0 Å². The summed E-state index contributed by atoms with van der Waals surface area (Å²) in [6, 6.07) is 41.5. The van der Waals surface area contributed by atoms with Gasteiger partial charge in [-0.25, -0.2) is 0 Å². The van der Waals surface area contributed by atoms with E-state index in [0.717, 1.165) is 22.3 Å². The van der Waals surface area contributed by atoms with E-state index in [9.17, 15) is 0 Å². The van der Waals surface area contributed by atoms with Crippen LogP contribution in [0.15, 0.2) is 158 Å². The average Bonchev–Trinajstić information content (AvgIpc) is 3.70. The van der Waals surface area contributed by atoms with Crippen LogP contribution in [0.5, 0.6) is 0 Å². The molecule has 5 heterocycles. The molecule has 2 aliphatic heterocycles. The molecule has 0 radical (unpaired) electrons. The van der Waals surface area contributed by atoms with E-state index >= 15 is 0 Å². The number of nitrogens with zero attached hydrogens (tertiary/aromatic N) is 3. The molecule has 0 spiro atoms. The summed E-state index contributed by atoms with van der Waals surface area (Å²) in [6.45, 7) is 0. The van der Waals surface area contributed by atoms with Crippen LogP contribution in [-0.4, -0.2) is 16.1 Å². The Kier molecular flexibility index (Phi) is 6.08. The number of thiophene rings is 1. The van der Waals surface area contributed by atoms with Crippen molar-refractivity contribution in [3.8, 4) is 33.4 Å². The van der Waals surface area contributed by atoms with Gasteiger partial charge in [0, 0.05) is 52.2 Å². The molecule has 8 aromatic rings. The molecule has 3 aromatic heterocycles. The van der Waals surface area contributed by atoms with Crippen molar-refractivity contribution in [3.63, 3.8) is 0 Å². The number of hydrogen-bond donors (Lipinski definition) is 1. The fraction of sp³-hybridized carbons (Fsp3) is 0.0233. The van der Waals surface area contributed by atoms with E-state index in [2.05, 4.69) is 142 Å². The van der Waals surface area contributed by atoms with Crippen LogP contribution in [0.1, 0.15) is 5.56 Å². The van der Waals surface area contributed by atoms with Crippen LogP contribution >= 0.6 is 11.3 Å². The second kappa shape index (κ2) is 10.8. The molecule has 1 unspecified atom stereocenters. The first-order valence-corrected chi connectivity index (χ1v) is 17.0. The minimum Gasteiger partial charge on any atom is -0.359 e. The van der Waals surface area contributed by atoms with Crippen molar-refractivity contribution < 1.29 is 0 Å². The van der Waals surface area contributed by atoms with Gasteiger partial charge in [0.05, 0.1) is 5.69 Å². The Morgan fingerprint density at radius 3 is 1.73 bits per heavy atom. The van der Waals surface area contributed by atoms with Gasteiger partial charge in [-0.3, -0.25) is 9.97 Å². The second-order valence-corrected chi connectivity index (χ2v) is 13.4. The molecule has 2 aliphatic rings. The molecule has 0 saturated carbocycles. The van der Waals surface area contributed by atoms with Crippen LogP contribution in [-0.2, 0) is 0 Å². The zero-order valence-electron chi connectivity index (χ0n) is 25.8. The van der Waals surface area contributed by atoms with E-state index in [-0.39, 0.29) is 6.17 Å². The van der Waals surface area contributed by atoms with Crippen LogP contribution in [0.4, 0.5) is 10.7 Å². The van der Waals surface area contributed by atoms with Gasteiger partial charge in [-0.05, 0) is 97.4 Å². The third-order valence-electron chi connectivity index (χ3n) is 9.57. The van der Waals surface area contributed by atoms with E-state index in [0.29, 0.717) is 0 Å². The maximum Gasteiger partial charge on any atom is 0.124 e. The van der Waals surface area contributed by atoms with E-state index in [1.54, 1.807) is 0 Å². The summed E-state index contributed by atoms with van der Waals surface area (Å²) in [4.78, 5) is 11.3. The van der Waals surface area contributed by atoms with Crippen LogP contribution in [0, 0.1) is 0 Å². The Morgan fingerprint density at radius 2 is 1.12 bits per heavy atom. The minimum atomic E-state index is 0.109. The number of hydrogen-bond acceptors (Lipinski definition) is 5. The first-order chi connectivity index (χ1) is 23.8. The maximum atomic E-state index is 4.45. The molecule has 1 N–H and O–H groups in total. The number of nitrogens with one attached hydrogen (secondary N) is 1. The lowest BCUT2D eigenvalue weighted by atomic mass is 9.84. The van der Waals surface area contributed by atoms with Gasteiger partial charge in [0.25, 0.3) is 0 Å². The zero-order chi connectivity index (χ0) is 31.6. The van der Waals surface area contributed by atoms with Gasteiger partial charge in [0.2, 0.25) is 0 Å². The molecule has 10 rings (SSSR count). The molecule has 0 aliphatic carbocycles. The van der Waals surface area contributed by atoms with Crippen LogP contribution in [0.2, 0.25) is 0 Å². The number of anilines is 2. The van der Waals surface area contributed by atoms with Crippen LogP contribution in [0.25, 0.3) is 70.6 Å². The summed E-state index contributed by atoms with van der Waals surface area (Å²) in [5, 5.41) is 11.2. The molecule has 4 nitrogen and oxygen atoms in total. The van der Waals surface area contributed by atoms with E-state index in [1.165, 1.54) is 64.6 Å². The standard InChI is InChI=1S/C43H28N4S/c1-3-13-35-33(11-1)40(29-17-18-39-46-42-37-15-5-6-16-38(37)48-43(42)47(39)26-29)34-12-2-4-14-36(34)41(35)32-22-30(27-9-7-19-44-24-27)21-31(23-32)28-10-8-20-45-25-28/h1-26,39,46H. The molecule has 5 heteroatoms. The van der Waals surface area contributed by atoms with Gasteiger partial charge in [-0.1, -0.05) is 84.9 Å². The zero-order valence-corrected chi connectivity index (χ0v) is 26.7. The topological polar surface area (TPSA) is 41.0 Å². The van der Waals surface area contributed by atoms with Crippen molar-refractivity contribution in [2.45, 2.75) is 6.17 Å². The molecular formula is C43H28N4S. The van der Waals surface area contributed by atoms with Crippen molar-refractivity contribution in [1.29, 1.82) is 0 Å². The van der Waals surface area contributed by atoms with Crippen LogP contribution < -0.4 is 10.2 Å². The Morgan fingerprint density at radius 1 is 0.562 bits per heavy atom. The molecule has 0 bridgehead atoms. The maximum absolute atomic E-state index is 4.45. The molecular weight excluding hydrogens is 605 g/mol. The van der Waals surface area contributed by atoms with Gasteiger partial charge >= 0.3 is 0 Å². The number of allylic oxidation sites excluding steroid dienone is 2. The molecule has 0 amide bonds. The number of benzene rings is 5. The Bertz CT molecular complexity index is 2490. The molecule has 48 heavy (non-hydrogen) atoms. The minimum absolute atomic E-state index is 0.109. The smallest absolute Gasteiger partial charge is 0.124 e. The second-order valence-electron chi connectivity index (χ2n) is 12.3. The lowest BCUT2D eigenvalue weighted by molar-refractivity contribution is 0.916. The third kappa shape index (κ3) is 4.21. The van der Waals surface area contributed by atoms with E-state index in [1.807, 2.05) is 48.3 Å².